The number of carboxylic acid groups (broad SMARTS) is 1. The first-order valence-electron chi connectivity index (χ1n) is 5.70. The Morgan fingerprint density at radius 3 is 2.76 bits per heavy atom. The van der Waals surface area contributed by atoms with Gasteiger partial charge in [-0.25, -0.2) is 4.79 Å². The molecular weight excluding hydrogens is 222 g/mol. The fraction of sp³-hybridized carbons (Fsp3) is 0.500. The average molecular weight is 237 g/mol. The van der Waals surface area contributed by atoms with E-state index in [0.29, 0.717) is 5.92 Å². The summed E-state index contributed by atoms with van der Waals surface area (Å²) in [7, 11) is 0. The van der Waals surface area contributed by atoms with E-state index >= 15 is 0 Å². The van der Waals surface area contributed by atoms with Crippen molar-refractivity contribution < 1.29 is 19.1 Å². The second-order valence-electron chi connectivity index (χ2n) is 4.49. The maximum Gasteiger partial charge on any atom is 0.338 e. The lowest BCUT2D eigenvalue weighted by Gasteiger charge is -2.15. The van der Waals surface area contributed by atoms with E-state index in [1.165, 1.54) is 6.07 Å². The van der Waals surface area contributed by atoms with Crippen LogP contribution < -0.4 is 5.32 Å². The van der Waals surface area contributed by atoms with E-state index in [1.54, 1.807) is 0 Å². The molecule has 1 aromatic rings. The summed E-state index contributed by atoms with van der Waals surface area (Å²) < 4.78 is 4.94. The van der Waals surface area contributed by atoms with Crippen molar-refractivity contribution in [2.75, 3.05) is 0 Å². The molecule has 5 nitrogen and oxygen atoms in total. The van der Waals surface area contributed by atoms with Gasteiger partial charge in [0.1, 0.15) is 6.26 Å². The highest BCUT2D eigenvalue weighted by atomic mass is 16.4. The Hall–Kier alpha value is -1.78. The summed E-state index contributed by atoms with van der Waals surface area (Å²) in [6, 6.07) is 1.41. The molecule has 17 heavy (non-hydrogen) atoms. The van der Waals surface area contributed by atoms with Crippen LogP contribution in [0, 0.1) is 5.92 Å². The monoisotopic (exact) mass is 237 g/mol. The van der Waals surface area contributed by atoms with Crippen LogP contribution in [0.3, 0.4) is 0 Å². The molecule has 2 rings (SSSR count). The zero-order valence-corrected chi connectivity index (χ0v) is 9.60. The molecule has 0 bridgehead atoms. The minimum Gasteiger partial charge on any atom is -0.478 e. The lowest BCUT2D eigenvalue weighted by atomic mass is 10.1. The quantitative estimate of drug-likeness (QED) is 0.841. The summed E-state index contributed by atoms with van der Waals surface area (Å²) in [5, 5.41) is 11.6. The van der Waals surface area contributed by atoms with Crippen molar-refractivity contribution in [2.24, 2.45) is 5.92 Å². The molecule has 2 atom stereocenters. The fourth-order valence-corrected chi connectivity index (χ4v) is 2.17. The molecule has 5 heteroatoms. The van der Waals surface area contributed by atoms with E-state index < -0.39 is 5.97 Å². The van der Waals surface area contributed by atoms with Crippen LogP contribution in [0.25, 0.3) is 0 Å². The number of furan rings is 1. The third-order valence-electron chi connectivity index (χ3n) is 3.25. The predicted molar refractivity (Wildman–Crippen MR) is 59.9 cm³/mol. The van der Waals surface area contributed by atoms with Gasteiger partial charge in [-0.15, -0.1) is 0 Å². The molecule has 1 aliphatic rings. The highest BCUT2D eigenvalue weighted by molar-refractivity contribution is 5.95. The van der Waals surface area contributed by atoms with Crippen LogP contribution in [-0.2, 0) is 0 Å². The number of hydrogen-bond acceptors (Lipinski definition) is 3. The van der Waals surface area contributed by atoms with E-state index in [2.05, 4.69) is 12.2 Å². The Bertz CT molecular complexity index is 437. The molecule has 0 aliphatic heterocycles. The van der Waals surface area contributed by atoms with Gasteiger partial charge >= 0.3 is 5.97 Å². The van der Waals surface area contributed by atoms with Crippen LogP contribution >= 0.6 is 0 Å². The van der Waals surface area contributed by atoms with Gasteiger partial charge in [0.25, 0.3) is 5.91 Å². The summed E-state index contributed by atoms with van der Waals surface area (Å²) >= 11 is 0. The summed E-state index contributed by atoms with van der Waals surface area (Å²) in [4.78, 5) is 22.4. The maximum atomic E-state index is 11.8. The van der Waals surface area contributed by atoms with Crippen LogP contribution in [0.1, 0.15) is 47.1 Å². The number of carbonyl (C=O) groups excluding carboxylic acids is 1. The minimum atomic E-state index is -1.10. The van der Waals surface area contributed by atoms with E-state index in [4.69, 9.17) is 9.52 Å². The lowest BCUT2D eigenvalue weighted by molar-refractivity contribution is 0.0695. The molecule has 1 aromatic heterocycles. The number of carbonyl (C=O) groups is 2. The number of carboxylic acids is 1. The second-order valence-corrected chi connectivity index (χ2v) is 4.49. The molecule has 0 saturated heterocycles. The van der Waals surface area contributed by atoms with Crippen LogP contribution in [0.15, 0.2) is 16.7 Å². The highest BCUT2D eigenvalue weighted by Crippen LogP contribution is 2.25. The van der Waals surface area contributed by atoms with Crippen LogP contribution in [-0.4, -0.2) is 23.0 Å². The van der Waals surface area contributed by atoms with E-state index in [9.17, 15) is 9.59 Å². The molecule has 0 radical (unpaired) electrons. The van der Waals surface area contributed by atoms with Gasteiger partial charge in [-0.05, 0) is 18.8 Å². The summed E-state index contributed by atoms with van der Waals surface area (Å²) in [5.41, 5.74) is -0.00498. The Balaban J connectivity index is 2.01. The first-order chi connectivity index (χ1) is 8.08. The van der Waals surface area contributed by atoms with Crippen LogP contribution in [0.4, 0.5) is 0 Å². The van der Waals surface area contributed by atoms with Crippen molar-refractivity contribution in [3.8, 4) is 0 Å². The average Bonchev–Trinajstić information content (AvgIpc) is 2.88. The van der Waals surface area contributed by atoms with Crippen LogP contribution in [0.5, 0.6) is 0 Å². The topological polar surface area (TPSA) is 79.5 Å². The standard InChI is InChI=1S/C12H15NO4/c1-7-3-2-4-9(7)13-11(14)10-5-8(6-17-10)12(15)16/h5-7,9H,2-4H2,1H3,(H,13,14)(H,15,16). The molecule has 1 aliphatic carbocycles. The lowest BCUT2D eigenvalue weighted by Crippen LogP contribution is -2.36. The van der Waals surface area contributed by atoms with Crippen molar-refractivity contribution in [3.63, 3.8) is 0 Å². The van der Waals surface area contributed by atoms with Gasteiger partial charge in [0.15, 0.2) is 5.76 Å². The number of amides is 1. The highest BCUT2D eigenvalue weighted by Gasteiger charge is 2.26. The third kappa shape index (κ3) is 2.49. The minimum absolute atomic E-state index is 0.00498. The zero-order chi connectivity index (χ0) is 12.4. The van der Waals surface area contributed by atoms with Gasteiger partial charge in [-0.1, -0.05) is 13.3 Å². The zero-order valence-electron chi connectivity index (χ0n) is 9.60. The molecule has 1 amide bonds. The van der Waals surface area contributed by atoms with Crippen LogP contribution in [0.2, 0.25) is 0 Å². The summed E-state index contributed by atoms with van der Waals surface area (Å²) in [5.74, 6) is -0.910. The van der Waals surface area contributed by atoms with Crippen molar-refractivity contribution in [2.45, 2.75) is 32.2 Å². The molecule has 0 spiro atoms. The smallest absolute Gasteiger partial charge is 0.338 e. The largest absolute Gasteiger partial charge is 0.478 e. The van der Waals surface area contributed by atoms with Gasteiger partial charge < -0.3 is 14.8 Å². The van der Waals surface area contributed by atoms with E-state index in [-0.39, 0.29) is 23.3 Å². The van der Waals surface area contributed by atoms with Gasteiger partial charge in [0.05, 0.1) is 5.56 Å². The van der Waals surface area contributed by atoms with Crippen molar-refractivity contribution in [3.05, 3.63) is 23.7 Å². The molecular formula is C12H15NO4. The molecule has 92 valence electrons. The Morgan fingerprint density at radius 1 is 1.47 bits per heavy atom. The molecule has 2 N–H and O–H groups in total. The summed E-state index contributed by atoms with van der Waals surface area (Å²) in [6.07, 6.45) is 4.28. The number of rotatable bonds is 3. The van der Waals surface area contributed by atoms with Gasteiger partial charge in [0.2, 0.25) is 0 Å². The SMILES string of the molecule is CC1CCCC1NC(=O)c1cc(C(=O)O)co1. The van der Waals surface area contributed by atoms with E-state index in [1.807, 2.05) is 0 Å². The number of nitrogens with one attached hydrogen (secondary N) is 1. The maximum absolute atomic E-state index is 11.8. The van der Waals surface area contributed by atoms with Crippen molar-refractivity contribution in [1.29, 1.82) is 0 Å². The van der Waals surface area contributed by atoms with E-state index in [0.717, 1.165) is 25.5 Å². The third-order valence-corrected chi connectivity index (χ3v) is 3.25. The summed E-state index contributed by atoms with van der Waals surface area (Å²) in [6.45, 7) is 2.10. The molecule has 2 unspecified atom stereocenters. The molecule has 1 saturated carbocycles. The fourth-order valence-electron chi connectivity index (χ4n) is 2.17. The Morgan fingerprint density at radius 2 is 2.24 bits per heavy atom. The Labute approximate surface area is 98.8 Å². The number of hydrogen-bond donors (Lipinski definition) is 2. The first-order valence-corrected chi connectivity index (χ1v) is 5.70. The van der Waals surface area contributed by atoms with Gasteiger partial charge in [-0.2, -0.15) is 0 Å². The van der Waals surface area contributed by atoms with Crippen molar-refractivity contribution in [1.82, 2.24) is 5.32 Å². The normalized spacial score (nSPS) is 23.6. The predicted octanol–water partition coefficient (Wildman–Crippen LogP) is 1.90. The van der Waals surface area contributed by atoms with Gasteiger partial charge in [0, 0.05) is 12.1 Å². The molecule has 1 heterocycles. The van der Waals surface area contributed by atoms with Gasteiger partial charge in [-0.3, -0.25) is 4.79 Å². The van der Waals surface area contributed by atoms with Crippen molar-refractivity contribution >= 4 is 11.9 Å². The molecule has 1 fully saturated rings. The molecule has 0 aromatic carbocycles. The second kappa shape index (κ2) is 4.61. The number of aromatic carboxylic acids is 1. The Kier molecular flexibility index (Phi) is 3.17. The first kappa shape index (κ1) is 11.7.